The monoisotopic (exact) mass is 258 g/mol. The Hall–Kier alpha value is -2.21. The standard InChI is InChI=1S/C13H14N4O2/c18-17(19)12-4-2-1-3-10(12)11-7-15-13(16-11)8-14-9-5-6-9/h1-4,7,9,14H,5-6,8H2,(H,15,16). The second-order valence-corrected chi connectivity index (χ2v) is 4.67. The number of aromatic nitrogens is 2. The predicted molar refractivity (Wildman–Crippen MR) is 70.5 cm³/mol. The zero-order chi connectivity index (χ0) is 13.2. The van der Waals surface area contributed by atoms with Crippen LogP contribution in [0.5, 0.6) is 0 Å². The molecule has 0 radical (unpaired) electrons. The number of hydrogen-bond donors (Lipinski definition) is 2. The minimum Gasteiger partial charge on any atom is -0.341 e. The lowest BCUT2D eigenvalue weighted by Crippen LogP contribution is -2.16. The van der Waals surface area contributed by atoms with Crippen LogP contribution in [0.4, 0.5) is 5.69 Å². The minimum atomic E-state index is -0.377. The van der Waals surface area contributed by atoms with Crippen LogP contribution in [-0.2, 0) is 6.54 Å². The molecule has 0 aliphatic heterocycles. The molecule has 1 saturated carbocycles. The van der Waals surface area contributed by atoms with Gasteiger partial charge in [-0.05, 0) is 18.9 Å². The summed E-state index contributed by atoms with van der Waals surface area (Å²) in [6, 6.07) is 7.28. The number of benzene rings is 1. The Morgan fingerprint density at radius 1 is 1.42 bits per heavy atom. The third kappa shape index (κ3) is 2.63. The van der Waals surface area contributed by atoms with Gasteiger partial charge in [0.1, 0.15) is 5.82 Å². The number of nitro groups is 1. The molecule has 98 valence electrons. The third-order valence-corrected chi connectivity index (χ3v) is 3.15. The molecule has 0 atom stereocenters. The SMILES string of the molecule is O=[N+]([O-])c1ccccc1-c1cnc(CNC2CC2)[nH]1. The third-order valence-electron chi connectivity index (χ3n) is 3.15. The highest BCUT2D eigenvalue weighted by Gasteiger charge is 2.21. The van der Waals surface area contributed by atoms with Crippen molar-refractivity contribution < 1.29 is 4.92 Å². The number of nitrogens with zero attached hydrogens (tertiary/aromatic N) is 2. The molecular formula is C13H14N4O2. The van der Waals surface area contributed by atoms with E-state index in [9.17, 15) is 10.1 Å². The Labute approximate surface area is 110 Å². The zero-order valence-electron chi connectivity index (χ0n) is 10.3. The summed E-state index contributed by atoms with van der Waals surface area (Å²) in [5, 5.41) is 14.3. The first-order valence-corrected chi connectivity index (χ1v) is 6.25. The van der Waals surface area contributed by atoms with Gasteiger partial charge in [-0.25, -0.2) is 4.98 Å². The van der Waals surface area contributed by atoms with Gasteiger partial charge in [0, 0.05) is 12.1 Å². The normalized spacial score (nSPS) is 14.5. The Kier molecular flexibility index (Phi) is 3.00. The van der Waals surface area contributed by atoms with E-state index >= 15 is 0 Å². The number of para-hydroxylation sites is 1. The molecule has 1 fully saturated rings. The van der Waals surface area contributed by atoms with Crippen LogP contribution in [-0.4, -0.2) is 20.9 Å². The highest BCUT2D eigenvalue weighted by atomic mass is 16.6. The summed E-state index contributed by atoms with van der Waals surface area (Å²) >= 11 is 0. The van der Waals surface area contributed by atoms with Crippen molar-refractivity contribution in [2.24, 2.45) is 0 Å². The lowest BCUT2D eigenvalue weighted by molar-refractivity contribution is -0.384. The zero-order valence-corrected chi connectivity index (χ0v) is 10.3. The summed E-state index contributed by atoms with van der Waals surface area (Å²) < 4.78 is 0. The fraction of sp³-hybridized carbons (Fsp3) is 0.308. The van der Waals surface area contributed by atoms with Gasteiger partial charge < -0.3 is 10.3 Å². The van der Waals surface area contributed by atoms with E-state index in [1.807, 2.05) is 0 Å². The molecule has 0 unspecified atom stereocenters. The van der Waals surface area contributed by atoms with E-state index in [0.717, 1.165) is 5.82 Å². The molecule has 0 bridgehead atoms. The maximum atomic E-state index is 11.0. The average molecular weight is 258 g/mol. The van der Waals surface area contributed by atoms with Crippen LogP contribution in [0, 0.1) is 10.1 Å². The van der Waals surface area contributed by atoms with Crippen molar-refractivity contribution in [2.75, 3.05) is 0 Å². The van der Waals surface area contributed by atoms with Crippen molar-refractivity contribution in [3.63, 3.8) is 0 Å². The second kappa shape index (κ2) is 4.81. The molecule has 0 spiro atoms. The van der Waals surface area contributed by atoms with Crippen LogP contribution in [0.3, 0.4) is 0 Å². The van der Waals surface area contributed by atoms with E-state index < -0.39 is 0 Å². The van der Waals surface area contributed by atoms with Crippen molar-refractivity contribution in [1.82, 2.24) is 15.3 Å². The molecule has 2 N–H and O–H groups in total. The van der Waals surface area contributed by atoms with E-state index in [1.54, 1.807) is 24.4 Å². The van der Waals surface area contributed by atoms with Crippen molar-refractivity contribution in [1.29, 1.82) is 0 Å². The molecular weight excluding hydrogens is 244 g/mol. The van der Waals surface area contributed by atoms with Crippen LogP contribution in [0.15, 0.2) is 30.5 Å². The molecule has 1 aliphatic rings. The van der Waals surface area contributed by atoms with Crippen LogP contribution < -0.4 is 5.32 Å². The van der Waals surface area contributed by atoms with E-state index in [4.69, 9.17) is 0 Å². The Balaban J connectivity index is 1.83. The maximum Gasteiger partial charge on any atom is 0.278 e. The van der Waals surface area contributed by atoms with Gasteiger partial charge in [0.05, 0.1) is 28.9 Å². The van der Waals surface area contributed by atoms with Crippen LogP contribution in [0.25, 0.3) is 11.3 Å². The topological polar surface area (TPSA) is 83.8 Å². The number of rotatable bonds is 5. The summed E-state index contributed by atoms with van der Waals surface area (Å²) in [7, 11) is 0. The smallest absolute Gasteiger partial charge is 0.278 e. The first-order chi connectivity index (χ1) is 9.24. The molecule has 6 nitrogen and oxygen atoms in total. The first kappa shape index (κ1) is 11.9. The van der Waals surface area contributed by atoms with Crippen LogP contribution in [0.1, 0.15) is 18.7 Å². The second-order valence-electron chi connectivity index (χ2n) is 4.67. The fourth-order valence-corrected chi connectivity index (χ4v) is 1.98. The van der Waals surface area contributed by atoms with Crippen molar-refractivity contribution in [2.45, 2.75) is 25.4 Å². The Morgan fingerprint density at radius 2 is 2.21 bits per heavy atom. The Bertz CT molecular complexity index is 604. The summed E-state index contributed by atoms with van der Waals surface area (Å²) in [6.45, 7) is 0.672. The largest absolute Gasteiger partial charge is 0.341 e. The number of nitrogens with one attached hydrogen (secondary N) is 2. The van der Waals surface area contributed by atoms with Gasteiger partial charge in [-0.3, -0.25) is 10.1 Å². The van der Waals surface area contributed by atoms with Crippen LogP contribution >= 0.6 is 0 Å². The number of imidazole rings is 1. The van der Waals surface area contributed by atoms with Gasteiger partial charge in [0.15, 0.2) is 0 Å². The fourth-order valence-electron chi connectivity index (χ4n) is 1.98. The molecule has 1 aromatic heterocycles. The van der Waals surface area contributed by atoms with E-state index in [0.29, 0.717) is 23.8 Å². The summed E-state index contributed by atoms with van der Waals surface area (Å²) in [6.07, 6.45) is 4.09. The molecule has 1 heterocycles. The molecule has 1 aliphatic carbocycles. The van der Waals surface area contributed by atoms with Crippen molar-refractivity contribution in [3.05, 3.63) is 46.4 Å². The first-order valence-electron chi connectivity index (χ1n) is 6.25. The molecule has 1 aromatic carbocycles. The highest BCUT2D eigenvalue weighted by Crippen LogP contribution is 2.28. The molecule has 19 heavy (non-hydrogen) atoms. The maximum absolute atomic E-state index is 11.0. The summed E-state index contributed by atoms with van der Waals surface area (Å²) in [4.78, 5) is 18.0. The molecule has 3 rings (SSSR count). The van der Waals surface area contributed by atoms with Gasteiger partial charge in [-0.1, -0.05) is 12.1 Å². The van der Waals surface area contributed by atoms with Gasteiger partial charge in [0.2, 0.25) is 0 Å². The van der Waals surface area contributed by atoms with Gasteiger partial charge in [-0.15, -0.1) is 0 Å². The predicted octanol–water partition coefficient (Wildman–Crippen LogP) is 2.24. The molecule has 0 amide bonds. The molecule has 6 heteroatoms. The quantitative estimate of drug-likeness (QED) is 0.636. The van der Waals surface area contributed by atoms with Gasteiger partial charge in [-0.2, -0.15) is 0 Å². The lowest BCUT2D eigenvalue weighted by atomic mass is 10.1. The Morgan fingerprint density at radius 3 is 2.95 bits per heavy atom. The minimum absolute atomic E-state index is 0.0906. The number of aromatic amines is 1. The summed E-state index contributed by atoms with van der Waals surface area (Å²) in [5.41, 5.74) is 1.34. The average Bonchev–Trinajstić information content (AvgIpc) is 3.13. The van der Waals surface area contributed by atoms with E-state index in [-0.39, 0.29) is 10.6 Å². The number of nitro benzene ring substituents is 1. The van der Waals surface area contributed by atoms with E-state index in [1.165, 1.54) is 18.9 Å². The number of H-pyrrole nitrogens is 1. The van der Waals surface area contributed by atoms with Crippen molar-refractivity contribution >= 4 is 5.69 Å². The lowest BCUT2D eigenvalue weighted by Gasteiger charge is -2.00. The highest BCUT2D eigenvalue weighted by molar-refractivity contribution is 5.70. The summed E-state index contributed by atoms with van der Waals surface area (Å²) in [5.74, 6) is 0.806. The van der Waals surface area contributed by atoms with Crippen molar-refractivity contribution in [3.8, 4) is 11.3 Å². The van der Waals surface area contributed by atoms with Crippen LogP contribution in [0.2, 0.25) is 0 Å². The van der Waals surface area contributed by atoms with E-state index in [2.05, 4.69) is 15.3 Å². The molecule has 2 aromatic rings. The number of hydrogen-bond acceptors (Lipinski definition) is 4. The van der Waals surface area contributed by atoms with Gasteiger partial charge >= 0.3 is 0 Å². The molecule has 0 saturated heterocycles. The van der Waals surface area contributed by atoms with Gasteiger partial charge in [0.25, 0.3) is 5.69 Å².